The number of fused-ring (bicyclic) bond motifs is 1. The second-order valence-corrected chi connectivity index (χ2v) is 9.18. The Labute approximate surface area is 205 Å². The number of nitrogens with one attached hydrogen (secondary N) is 1. The topological polar surface area (TPSA) is 79.7 Å². The standard InChI is InChI=1S/C27H31N5O3/c1-35-27(34)19-31-14-12-30(13-15-31)18-26(33)28-25-17-24(29-32(25)23-8-3-2-4-9-23)22-11-10-20-6-5-7-21(20)16-22/h2-4,8-11,16-17H,5-7,12-15,18-19H2,1H3,(H,28,33). The number of aromatic nitrogens is 2. The first-order valence-electron chi connectivity index (χ1n) is 12.2. The Morgan fingerprint density at radius 3 is 2.37 bits per heavy atom. The van der Waals surface area contributed by atoms with Crippen molar-refractivity contribution in [1.29, 1.82) is 0 Å². The van der Waals surface area contributed by atoms with Gasteiger partial charge in [-0.2, -0.15) is 5.10 Å². The molecule has 5 rings (SSSR count). The summed E-state index contributed by atoms with van der Waals surface area (Å²) in [6, 6.07) is 18.4. The molecule has 1 aromatic heterocycles. The molecule has 0 saturated carbocycles. The molecule has 0 spiro atoms. The van der Waals surface area contributed by atoms with Gasteiger partial charge in [-0.05, 0) is 48.6 Å². The zero-order valence-electron chi connectivity index (χ0n) is 20.1. The van der Waals surface area contributed by atoms with Crippen molar-refractivity contribution in [2.45, 2.75) is 19.3 Å². The molecule has 1 N–H and O–H groups in total. The van der Waals surface area contributed by atoms with Crippen LogP contribution in [0, 0.1) is 0 Å². The molecule has 2 aromatic carbocycles. The summed E-state index contributed by atoms with van der Waals surface area (Å²) in [4.78, 5) is 28.6. The maximum absolute atomic E-state index is 13.0. The second-order valence-electron chi connectivity index (χ2n) is 9.18. The number of esters is 1. The van der Waals surface area contributed by atoms with Crippen LogP contribution >= 0.6 is 0 Å². The fourth-order valence-electron chi connectivity index (χ4n) is 4.85. The molecule has 182 valence electrons. The van der Waals surface area contributed by atoms with Gasteiger partial charge in [-0.15, -0.1) is 0 Å². The van der Waals surface area contributed by atoms with Crippen LogP contribution in [0.3, 0.4) is 0 Å². The lowest BCUT2D eigenvalue weighted by Gasteiger charge is -2.33. The zero-order chi connectivity index (χ0) is 24.2. The Bertz CT molecular complexity index is 1200. The third kappa shape index (κ3) is 5.44. The molecule has 35 heavy (non-hydrogen) atoms. The van der Waals surface area contributed by atoms with Gasteiger partial charge in [0.2, 0.25) is 5.91 Å². The van der Waals surface area contributed by atoms with E-state index in [4.69, 9.17) is 9.84 Å². The fraction of sp³-hybridized carbons (Fsp3) is 0.370. The molecule has 2 heterocycles. The van der Waals surface area contributed by atoms with Crippen molar-refractivity contribution in [1.82, 2.24) is 19.6 Å². The first-order valence-corrected chi connectivity index (χ1v) is 12.2. The number of methoxy groups -OCH3 is 1. The van der Waals surface area contributed by atoms with Gasteiger partial charge in [0.15, 0.2) is 0 Å². The molecule has 0 atom stereocenters. The minimum atomic E-state index is -0.232. The number of hydrogen-bond acceptors (Lipinski definition) is 6. The SMILES string of the molecule is COC(=O)CN1CCN(CC(=O)Nc2cc(-c3ccc4c(c3)CCC4)nn2-c2ccccc2)CC1. The third-order valence-electron chi connectivity index (χ3n) is 6.78. The van der Waals surface area contributed by atoms with E-state index in [0.717, 1.165) is 56.0 Å². The Kier molecular flexibility index (Phi) is 6.92. The largest absolute Gasteiger partial charge is 0.468 e. The van der Waals surface area contributed by atoms with Crippen molar-refractivity contribution in [2.75, 3.05) is 51.7 Å². The number of carbonyl (C=O) groups excluding carboxylic acids is 2. The smallest absolute Gasteiger partial charge is 0.319 e. The quantitative estimate of drug-likeness (QED) is 0.532. The van der Waals surface area contributed by atoms with Gasteiger partial charge < -0.3 is 10.1 Å². The van der Waals surface area contributed by atoms with E-state index in [1.165, 1.54) is 24.7 Å². The summed E-state index contributed by atoms with van der Waals surface area (Å²) in [5, 5.41) is 7.94. The summed E-state index contributed by atoms with van der Waals surface area (Å²) in [7, 11) is 1.40. The molecule has 1 aliphatic carbocycles. The van der Waals surface area contributed by atoms with Crippen molar-refractivity contribution >= 4 is 17.7 Å². The molecule has 0 bridgehead atoms. The number of rotatable bonds is 7. The number of hydrogen-bond donors (Lipinski definition) is 1. The van der Waals surface area contributed by atoms with E-state index < -0.39 is 0 Å². The third-order valence-corrected chi connectivity index (χ3v) is 6.78. The van der Waals surface area contributed by atoms with Crippen molar-refractivity contribution in [3.8, 4) is 16.9 Å². The number of amides is 1. The van der Waals surface area contributed by atoms with Gasteiger partial charge in [0.1, 0.15) is 5.82 Å². The average Bonchev–Trinajstić information content (AvgIpc) is 3.52. The van der Waals surface area contributed by atoms with Crippen LogP contribution in [-0.2, 0) is 27.2 Å². The molecule has 3 aromatic rings. The van der Waals surface area contributed by atoms with Crippen LogP contribution in [0.25, 0.3) is 16.9 Å². The summed E-state index contributed by atoms with van der Waals surface area (Å²) in [5.74, 6) is 0.342. The van der Waals surface area contributed by atoms with Crippen molar-refractivity contribution in [2.24, 2.45) is 0 Å². The number of benzene rings is 2. The monoisotopic (exact) mass is 473 g/mol. The van der Waals surface area contributed by atoms with E-state index >= 15 is 0 Å². The Morgan fingerprint density at radius 1 is 0.914 bits per heavy atom. The Hall–Kier alpha value is -3.49. The van der Waals surface area contributed by atoms with Gasteiger partial charge in [0.25, 0.3) is 0 Å². The molecule has 1 amide bonds. The summed E-state index contributed by atoms with van der Waals surface area (Å²) in [6.07, 6.45) is 3.46. The van der Waals surface area contributed by atoms with Crippen molar-refractivity contribution < 1.29 is 14.3 Å². The lowest BCUT2D eigenvalue weighted by molar-refractivity contribution is -0.142. The molecular weight excluding hydrogens is 442 g/mol. The number of aryl methyl sites for hydroxylation is 2. The fourth-order valence-corrected chi connectivity index (χ4v) is 4.85. The van der Waals surface area contributed by atoms with Crippen molar-refractivity contribution in [3.63, 3.8) is 0 Å². The highest BCUT2D eigenvalue weighted by Crippen LogP contribution is 2.30. The van der Waals surface area contributed by atoms with Crippen LogP contribution in [0.15, 0.2) is 54.6 Å². The lowest BCUT2D eigenvalue weighted by atomic mass is 10.0. The Morgan fingerprint density at radius 2 is 1.63 bits per heavy atom. The molecule has 8 heteroatoms. The van der Waals surface area contributed by atoms with Crippen LogP contribution < -0.4 is 5.32 Å². The van der Waals surface area contributed by atoms with Gasteiger partial charge in [-0.3, -0.25) is 19.4 Å². The maximum atomic E-state index is 13.0. The zero-order valence-corrected chi connectivity index (χ0v) is 20.1. The number of para-hydroxylation sites is 1. The van der Waals surface area contributed by atoms with Gasteiger partial charge >= 0.3 is 5.97 Å². The minimum absolute atomic E-state index is 0.0796. The van der Waals surface area contributed by atoms with E-state index in [1.807, 2.05) is 41.3 Å². The van der Waals surface area contributed by atoms with E-state index in [9.17, 15) is 9.59 Å². The van der Waals surface area contributed by atoms with Crippen LogP contribution in [-0.4, -0.2) is 77.8 Å². The van der Waals surface area contributed by atoms with E-state index in [1.54, 1.807) is 4.68 Å². The van der Waals surface area contributed by atoms with Crippen molar-refractivity contribution in [3.05, 3.63) is 65.7 Å². The van der Waals surface area contributed by atoms with Gasteiger partial charge in [-0.1, -0.05) is 30.3 Å². The molecular formula is C27H31N5O3. The minimum Gasteiger partial charge on any atom is -0.468 e. The lowest BCUT2D eigenvalue weighted by Crippen LogP contribution is -2.49. The van der Waals surface area contributed by atoms with E-state index in [2.05, 4.69) is 28.4 Å². The van der Waals surface area contributed by atoms with E-state index in [0.29, 0.717) is 12.4 Å². The molecule has 8 nitrogen and oxygen atoms in total. The number of anilines is 1. The average molecular weight is 474 g/mol. The highest BCUT2D eigenvalue weighted by molar-refractivity contribution is 5.92. The van der Waals surface area contributed by atoms with Gasteiger partial charge in [0, 0.05) is 37.8 Å². The number of piperazine rings is 1. The summed E-state index contributed by atoms with van der Waals surface area (Å²) >= 11 is 0. The second kappa shape index (κ2) is 10.4. The van der Waals surface area contributed by atoms with E-state index in [-0.39, 0.29) is 18.4 Å². The van der Waals surface area contributed by atoms with Crippen LogP contribution in [0.4, 0.5) is 5.82 Å². The summed E-state index contributed by atoms with van der Waals surface area (Å²) in [5.41, 5.74) is 5.63. The van der Waals surface area contributed by atoms with Crippen LogP contribution in [0.2, 0.25) is 0 Å². The van der Waals surface area contributed by atoms with Gasteiger partial charge in [0.05, 0.1) is 31.6 Å². The molecule has 1 aliphatic heterocycles. The molecule has 1 fully saturated rings. The summed E-state index contributed by atoms with van der Waals surface area (Å²) < 4.78 is 6.55. The highest BCUT2D eigenvalue weighted by atomic mass is 16.5. The normalized spacial score (nSPS) is 16.1. The maximum Gasteiger partial charge on any atom is 0.319 e. The molecule has 1 saturated heterocycles. The predicted molar refractivity (Wildman–Crippen MR) is 135 cm³/mol. The number of ether oxygens (including phenoxy) is 1. The Balaban J connectivity index is 1.30. The highest BCUT2D eigenvalue weighted by Gasteiger charge is 2.22. The van der Waals surface area contributed by atoms with Gasteiger partial charge in [-0.25, -0.2) is 4.68 Å². The predicted octanol–water partition coefficient (Wildman–Crippen LogP) is 2.76. The number of carbonyl (C=O) groups is 2. The molecule has 0 radical (unpaired) electrons. The number of nitrogens with zero attached hydrogens (tertiary/aromatic N) is 4. The first-order chi connectivity index (χ1) is 17.1. The van der Waals surface area contributed by atoms with Crippen LogP contribution in [0.1, 0.15) is 17.5 Å². The van der Waals surface area contributed by atoms with Crippen LogP contribution in [0.5, 0.6) is 0 Å². The molecule has 0 unspecified atom stereocenters. The first kappa shape index (κ1) is 23.3. The molecule has 2 aliphatic rings. The summed E-state index contributed by atoms with van der Waals surface area (Å²) in [6.45, 7) is 3.49.